The zero-order valence-corrected chi connectivity index (χ0v) is 38.5. The molecule has 10 aromatic carbocycles. The topological polar surface area (TPSA) is 74.8 Å². The third kappa shape index (κ3) is 5.56. The molecular weight excluding hydrogens is 891 g/mol. The Morgan fingerprint density at radius 3 is 1.55 bits per heavy atom. The predicted molar refractivity (Wildman–Crippen MR) is 292 cm³/mol. The third-order valence-corrected chi connectivity index (χ3v) is 15.6. The van der Waals surface area contributed by atoms with Gasteiger partial charge in [-0.25, -0.2) is 4.98 Å². The van der Waals surface area contributed by atoms with E-state index in [-0.39, 0.29) is 0 Å². The van der Waals surface area contributed by atoms with Crippen molar-refractivity contribution in [1.82, 2.24) is 24.1 Å². The van der Waals surface area contributed by atoms with Gasteiger partial charge in [0.1, 0.15) is 22.3 Å². The first-order valence-corrected chi connectivity index (χ1v) is 24.6. The van der Waals surface area contributed by atoms with E-state index in [4.69, 9.17) is 23.8 Å². The third-order valence-electron chi connectivity index (χ3n) is 14.4. The van der Waals surface area contributed by atoms with Crippen molar-refractivity contribution in [2.75, 3.05) is 0 Å². The van der Waals surface area contributed by atoms with Crippen molar-refractivity contribution in [3.8, 4) is 45.5 Å². The van der Waals surface area contributed by atoms with E-state index in [1.165, 1.54) is 47.7 Å². The van der Waals surface area contributed by atoms with Crippen LogP contribution in [0, 0.1) is 0 Å². The van der Waals surface area contributed by atoms with Gasteiger partial charge in [0.2, 0.25) is 5.95 Å². The molecule has 0 aliphatic carbocycles. The van der Waals surface area contributed by atoms with Crippen LogP contribution in [-0.4, -0.2) is 24.1 Å². The van der Waals surface area contributed by atoms with Gasteiger partial charge in [-0.3, -0.25) is 4.57 Å². The fourth-order valence-electron chi connectivity index (χ4n) is 11.2. The monoisotopic (exact) mass is 925 g/mol. The first-order valence-electron chi connectivity index (χ1n) is 23.8. The van der Waals surface area contributed by atoms with Gasteiger partial charge in [0, 0.05) is 58.6 Å². The van der Waals surface area contributed by atoms with Gasteiger partial charge in [0.15, 0.2) is 11.6 Å². The molecule has 6 heterocycles. The van der Waals surface area contributed by atoms with Crippen molar-refractivity contribution in [1.29, 1.82) is 0 Å². The fourth-order valence-corrected chi connectivity index (χ4v) is 12.4. The van der Waals surface area contributed by atoms with Crippen molar-refractivity contribution in [3.05, 3.63) is 212 Å². The highest BCUT2D eigenvalue weighted by molar-refractivity contribution is 7.26. The highest BCUT2D eigenvalue weighted by Crippen LogP contribution is 2.44. The zero-order chi connectivity index (χ0) is 46.3. The number of furan rings is 2. The van der Waals surface area contributed by atoms with E-state index in [0.717, 1.165) is 87.9 Å². The SMILES string of the molecule is c1ccc2c(c1)oc1c(-c3nc(-c4cccc5c4oc4ccccc45)nc(-n4c5ccccc5c5cc(-c6ccc7c8ccccc8n(-c8cccc9c8sc8ccccc89)c7c6)ccc54)n3)cccc12. The summed E-state index contributed by atoms with van der Waals surface area (Å²) >= 11 is 1.86. The van der Waals surface area contributed by atoms with Crippen LogP contribution >= 0.6 is 11.3 Å². The van der Waals surface area contributed by atoms with Crippen LogP contribution in [0.3, 0.4) is 0 Å². The Morgan fingerprint density at radius 2 is 0.845 bits per heavy atom. The highest BCUT2D eigenvalue weighted by Gasteiger charge is 2.24. The lowest BCUT2D eigenvalue weighted by Gasteiger charge is -2.12. The van der Waals surface area contributed by atoms with Crippen LogP contribution in [0.4, 0.5) is 0 Å². The number of thiophene rings is 1. The van der Waals surface area contributed by atoms with Crippen LogP contribution in [0.5, 0.6) is 0 Å². The van der Waals surface area contributed by atoms with E-state index in [1.54, 1.807) is 0 Å². The molecule has 0 spiro atoms. The average Bonchev–Trinajstić information content (AvgIpc) is 4.25. The van der Waals surface area contributed by atoms with Crippen LogP contribution in [0.15, 0.2) is 221 Å². The van der Waals surface area contributed by atoms with E-state index < -0.39 is 0 Å². The molecule has 0 unspecified atom stereocenters. The quantitative estimate of drug-likeness (QED) is 0.172. The number of aromatic nitrogens is 5. The Balaban J connectivity index is 0.915. The minimum Gasteiger partial charge on any atom is -0.455 e. The molecule has 0 radical (unpaired) electrons. The van der Waals surface area contributed by atoms with Gasteiger partial charge in [-0.2, -0.15) is 9.97 Å². The van der Waals surface area contributed by atoms with Crippen LogP contribution in [0.25, 0.3) is 153 Å². The molecule has 16 rings (SSSR count). The molecule has 0 aliphatic heterocycles. The molecule has 0 atom stereocenters. The lowest BCUT2D eigenvalue weighted by molar-refractivity contribution is 0.669. The summed E-state index contributed by atoms with van der Waals surface area (Å²) in [5, 5.41) is 11.3. The Bertz CT molecular complexity index is 4780. The number of para-hydroxylation sites is 6. The smallest absolute Gasteiger partial charge is 0.238 e. The van der Waals surface area contributed by atoms with Gasteiger partial charge in [-0.15, -0.1) is 11.3 Å². The van der Waals surface area contributed by atoms with Crippen molar-refractivity contribution in [2.45, 2.75) is 0 Å². The van der Waals surface area contributed by atoms with Crippen LogP contribution in [-0.2, 0) is 0 Å². The van der Waals surface area contributed by atoms with Gasteiger partial charge < -0.3 is 13.4 Å². The second-order valence-corrected chi connectivity index (χ2v) is 19.3. The Kier molecular flexibility index (Phi) is 7.92. The van der Waals surface area contributed by atoms with Crippen molar-refractivity contribution in [3.63, 3.8) is 0 Å². The number of fused-ring (bicyclic) bond motifs is 15. The Morgan fingerprint density at radius 1 is 0.338 bits per heavy atom. The summed E-state index contributed by atoms with van der Waals surface area (Å²) < 4.78 is 20.4. The molecule has 16 aromatic rings. The summed E-state index contributed by atoms with van der Waals surface area (Å²) in [6.45, 7) is 0. The van der Waals surface area contributed by atoms with E-state index in [2.05, 4.69) is 161 Å². The van der Waals surface area contributed by atoms with Gasteiger partial charge in [-0.1, -0.05) is 146 Å². The van der Waals surface area contributed by atoms with Crippen molar-refractivity contribution < 1.29 is 8.83 Å². The summed E-state index contributed by atoms with van der Waals surface area (Å²) in [6, 6.07) is 75.0. The first kappa shape index (κ1) is 38.6. The minimum atomic E-state index is 0.492. The van der Waals surface area contributed by atoms with Crippen LogP contribution < -0.4 is 0 Å². The largest absolute Gasteiger partial charge is 0.455 e. The molecule has 0 N–H and O–H groups in total. The number of hydrogen-bond acceptors (Lipinski definition) is 6. The lowest BCUT2D eigenvalue weighted by Crippen LogP contribution is -2.06. The minimum absolute atomic E-state index is 0.492. The number of benzene rings is 10. The van der Waals surface area contributed by atoms with Gasteiger partial charge in [-0.05, 0) is 77.9 Å². The van der Waals surface area contributed by atoms with Crippen molar-refractivity contribution in [2.24, 2.45) is 0 Å². The van der Waals surface area contributed by atoms with Gasteiger partial charge in [0.05, 0.1) is 43.6 Å². The lowest BCUT2D eigenvalue weighted by atomic mass is 10.0. The fraction of sp³-hybridized carbons (Fsp3) is 0. The van der Waals surface area contributed by atoms with Crippen LogP contribution in [0.1, 0.15) is 0 Å². The summed E-state index contributed by atoms with van der Waals surface area (Å²) in [7, 11) is 0. The summed E-state index contributed by atoms with van der Waals surface area (Å²) in [6.07, 6.45) is 0. The van der Waals surface area contributed by atoms with E-state index >= 15 is 0 Å². The maximum Gasteiger partial charge on any atom is 0.238 e. The molecule has 8 heteroatoms. The molecule has 0 amide bonds. The summed E-state index contributed by atoms with van der Waals surface area (Å²) in [5.41, 5.74) is 12.4. The van der Waals surface area contributed by atoms with Gasteiger partial charge in [0.25, 0.3) is 0 Å². The number of hydrogen-bond donors (Lipinski definition) is 0. The molecule has 0 aliphatic rings. The molecule has 7 nitrogen and oxygen atoms in total. The Labute approximate surface area is 407 Å². The van der Waals surface area contributed by atoms with E-state index in [9.17, 15) is 0 Å². The van der Waals surface area contributed by atoms with Crippen molar-refractivity contribution >= 4 is 119 Å². The number of rotatable bonds is 5. The molecule has 0 saturated heterocycles. The second kappa shape index (κ2) is 14.6. The molecule has 71 heavy (non-hydrogen) atoms. The normalized spacial score (nSPS) is 12.2. The van der Waals surface area contributed by atoms with E-state index in [1.807, 2.05) is 72.0 Å². The predicted octanol–water partition coefficient (Wildman–Crippen LogP) is 17.2. The molecule has 0 bridgehead atoms. The number of nitrogens with zero attached hydrogens (tertiary/aromatic N) is 5. The first-order chi connectivity index (χ1) is 35.2. The standard InChI is InChI=1S/C63H35N5O2S/c1-6-24-50-38(14-1)40-32-30-37(35-54(40)67(50)53-26-13-21-46-43-18-5-10-29-57(43)71-60(46)53)36-31-33-52-49(34-36)39-15-2-7-25-51(39)68(52)63-65-61(47-22-11-19-44-41-16-3-8-27-55(41)69-58(44)47)64-62(66-63)48-23-12-20-45-42-17-4-9-28-56(42)70-59(45)48/h1-35H. The highest BCUT2D eigenvalue weighted by atomic mass is 32.1. The molecule has 0 saturated carbocycles. The second-order valence-electron chi connectivity index (χ2n) is 18.3. The molecule has 6 aromatic heterocycles. The molecule has 0 fully saturated rings. The summed E-state index contributed by atoms with van der Waals surface area (Å²) in [4.78, 5) is 16.0. The summed E-state index contributed by atoms with van der Waals surface area (Å²) in [5.74, 6) is 1.49. The van der Waals surface area contributed by atoms with Crippen LogP contribution in [0.2, 0.25) is 0 Å². The maximum atomic E-state index is 6.60. The van der Waals surface area contributed by atoms with Gasteiger partial charge >= 0.3 is 0 Å². The Hall–Kier alpha value is -9.37. The van der Waals surface area contributed by atoms with E-state index in [0.29, 0.717) is 17.6 Å². The zero-order valence-electron chi connectivity index (χ0n) is 37.7. The average molecular weight is 926 g/mol. The molecule has 330 valence electrons. The maximum absolute atomic E-state index is 6.60. The molecular formula is C63H35N5O2S.